The van der Waals surface area contributed by atoms with E-state index >= 15 is 0 Å². The van der Waals surface area contributed by atoms with Crippen molar-refractivity contribution in [3.8, 4) is 16.9 Å². The number of nitrogens with zero attached hydrogens (tertiary/aromatic N) is 1. The van der Waals surface area contributed by atoms with E-state index in [9.17, 15) is 24.3 Å². The lowest BCUT2D eigenvalue weighted by molar-refractivity contribution is -0.119. The molecule has 1 amide bonds. The molecule has 3 aromatic carbocycles. The minimum Gasteiger partial charge on any atom is -0.495 e. The number of carbonyl (C=O) groups is 3. The van der Waals surface area contributed by atoms with Crippen molar-refractivity contribution in [2.75, 3.05) is 12.4 Å². The summed E-state index contributed by atoms with van der Waals surface area (Å²) in [4.78, 5) is 51.7. The first-order valence-corrected chi connectivity index (χ1v) is 13.7. The van der Waals surface area contributed by atoms with E-state index in [0.29, 0.717) is 5.56 Å². The average molecular weight is 614 g/mol. The highest BCUT2D eigenvalue weighted by Crippen LogP contribution is 2.36. The van der Waals surface area contributed by atoms with Crippen molar-refractivity contribution in [3.05, 3.63) is 86.8 Å². The van der Waals surface area contributed by atoms with Crippen LogP contribution in [0, 0.1) is 0 Å². The van der Waals surface area contributed by atoms with E-state index in [1.54, 1.807) is 0 Å². The van der Waals surface area contributed by atoms with Gasteiger partial charge in [0.2, 0.25) is 5.91 Å². The number of hydrogen-bond acceptors (Lipinski definition) is 5. The molecule has 0 fully saturated rings. The van der Waals surface area contributed by atoms with Gasteiger partial charge in [-0.3, -0.25) is 19.0 Å². The second kappa shape index (κ2) is 13.2. The molecule has 0 bridgehead atoms. The third-order valence-electron chi connectivity index (χ3n) is 7.43. The topological polar surface area (TPSA) is 115 Å². The number of Topliss-reactive ketones (excluding diaryl/α,β-unsaturated/α-hetero) is 1. The van der Waals surface area contributed by atoms with Crippen molar-refractivity contribution in [2.24, 2.45) is 0 Å². The van der Waals surface area contributed by atoms with Crippen molar-refractivity contribution in [1.29, 1.82) is 0 Å². The number of carboxylic acid groups (broad SMARTS) is 1. The quantitative estimate of drug-likeness (QED) is 0.174. The summed E-state index contributed by atoms with van der Waals surface area (Å²) in [7, 11) is 45.3. The van der Waals surface area contributed by atoms with E-state index in [0.717, 1.165) is 10.6 Å². The summed E-state index contributed by atoms with van der Waals surface area (Å²) >= 11 is 6.22. The number of anilines is 1. The van der Waals surface area contributed by atoms with Gasteiger partial charge in [0.05, 0.1) is 34.6 Å². The summed E-state index contributed by atoms with van der Waals surface area (Å²) < 4.78 is 6.48. The number of hydrogen-bond donors (Lipinski definition) is 2. The molecule has 1 heterocycles. The number of halogens is 1. The van der Waals surface area contributed by atoms with Gasteiger partial charge in [0.1, 0.15) is 51.0 Å². The van der Waals surface area contributed by atoms with Crippen LogP contribution in [0.3, 0.4) is 0 Å². The lowest BCUT2D eigenvalue weighted by Crippen LogP contribution is -2.62. The largest absolute Gasteiger partial charge is 0.495 e. The highest BCUT2D eigenvalue weighted by molar-refractivity contribution is 6.68. The predicted molar refractivity (Wildman–Crippen MR) is 185 cm³/mol. The molecule has 0 spiro atoms. The molecule has 16 heteroatoms. The van der Waals surface area contributed by atoms with Gasteiger partial charge in [0.25, 0.3) is 5.56 Å². The summed E-state index contributed by atoms with van der Waals surface area (Å²) in [5.41, 5.74) is -1.39. The first-order chi connectivity index (χ1) is 21.5. The molecule has 1 aromatic heterocycles. The molecule has 4 rings (SSSR count). The Morgan fingerprint density at radius 3 is 1.98 bits per heavy atom. The van der Waals surface area contributed by atoms with E-state index in [2.05, 4.69) is 5.32 Å². The van der Waals surface area contributed by atoms with Crippen LogP contribution in [-0.4, -0.2) is 89.4 Å². The van der Waals surface area contributed by atoms with Crippen LogP contribution < -0.4 is 42.9 Å². The van der Waals surface area contributed by atoms with Gasteiger partial charge in [0.15, 0.2) is 5.78 Å². The van der Waals surface area contributed by atoms with Gasteiger partial charge < -0.3 is 15.2 Å². The Balaban J connectivity index is 1.99. The highest BCUT2D eigenvalue weighted by atomic mass is 35.5. The molecule has 0 aliphatic heterocycles. The second-order valence-electron chi connectivity index (χ2n) is 10.4. The number of ketones is 1. The number of pyridine rings is 1. The van der Waals surface area contributed by atoms with Gasteiger partial charge in [0, 0.05) is 27.9 Å². The molecule has 0 aliphatic carbocycles. The number of carbonyl (C=O) groups excluding carboxylic acids is 2. The zero-order valence-electron chi connectivity index (χ0n) is 24.6. The van der Waals surface area contributed by atoms with Crippen molar-refractivity contribution >= 4 is 117 Å². The first-order valence-electron chi connectivity index (χ1n) is 13.4. The Bertz CT molecular complexity index is 1940. The van der Waals surface area contributed by atoms with Gasteiger partial charge >= 0.3 is 5.97 Å². The van der Waals surface area contributed by atoms with Crippen molar-refractivity contribution < 1.29 is 24.2 Å². The Morgan fingerprint density at radius 2 is 1.46 bits per heavy atom. The number of aromatic nitrogens is 1. The third-order valence-corrected chi connectivity index (χ3v) is 7.66. The molecule has 2 N–H and O–H groups in total. The SMILES string of the molecule is [B]c1c([B])c([B])c(C([B])([B])C(C(=O)Nc2ccc(C(=O)O)cc2)n2cc(OC)c(-c3cc(Cl)ccc3C(C)=O)cc2=O)c([B])c1[B]. The van der Waals surface area contributed by atoms with Crippen LogP contribution in [0.2, 0.25) is 5.02 Å². The summed E-state index contributed by atoms with van der Waals surface area (Å²) in [6.07, 6.45) is 1.17. The van der Waals surface area contributed by atoms with E-state index in [-0.39, 0.29) is 71.8 Å². The van der Waals surface area contributed by atoms with Crippen LogP contribution in [0.15, 0.2) is 59.5 Å². The molecule has 1 atom stereocenters. The number of aromatic carboxylic acids is 1. The number of ether oxygens (including phenoxy) is 1. The number of rotatable bonds is 9. The number of benzene rings is 3. The first kappa shape index (κ1) is 34.6. The van der Waals surface area contributed by atoms with Gasteiger partial charge in [-0.2, -0.15) is 0 Å². The normalized spacial score (nSPS) is 11.9. The minimum absolute atomic E-state index is 0.0288. The maximum Gasteiger partial charge on any atom is 0.335 e. The van der Waals surface area contributed by atoms with Crippen LogP contribution in [-0.2, 0) is 10.0 Å². The molecule has 46 heavy (non-hydrogen) atoms. The number of methoxy groups -OCH3 is 1. The Labute approximate surface area is 279 Å². The zero-order chi connectivity index (χ0) is 34.2. The van der Waals surface area contributed by atoms with E-state index in [1.165, 1.54) is 62.7 Å². The molecule has 212 valence electrons. The maximum atomic E-state index is 14.1. The lowest BCUT2D eigenvalue weighted by atomic mass is 9.42. The minimum atomic E-state index is -2.41. The van der Waals surface area contributed by atoms with Crippen LogP contribution in [0.5, 0.6) is 5.75 Å². The fraction of sp³-hybridized carbons (Fsp3) is 0.133. The van der Waals surface area contributed by atoms with E-state index in [1.807, 2.05) is 0 Å². The van der Waals surface area contributed by atoms with E-state index in [4.69, 9.17) is 71.3 Å². The van der Waals surface area contributed by atoms with Gasteiger partial charge in [-0.15, -0.1) is 27.3 Å². The standard InChI is InChI=1S/C30H18B7ClN2O6/c1-12(41)16-8-5-14(38)9-17(16)18-10-20(42)40(11-19(18)46-2)27(28(43)39-15-6-3-13(4-7-15)29(44)45)30(36,37)21-22(31)24(33)26(35)25(34)23(21)32/h3-11,27H,1-2H3,(H,39,43)(H,44,45). The Kier molecular flexibility index (Phi) is 9.97. The molecule has 1 unspecified atom stereocenters. The van der Waals surface area contributed by atoms with E-state index < -0.39 is 28.7 Å². The number of carboxylic acids is 1. The van der Waals surface area contributed by atoms with Gasteiger partial charge in [-0.05, 0) is 60.2 Å². The molecule has 4 aromatic rings. The third kappa shape index (κ3) is 6.38. The fourth-order valence-electron chi connectivity index (χ4n) is 5.08. The summed E-state index contributed by atoms with van der Waals surface area (Å²) in [5.74, 6) is -2.42. The molecule has 8 nitrogen and oxygen atoms in total. The summed E-state index contributed by atoms with van der Waals surface area (Å²) in [6, 6.07) is 8.94. The van der Waals surface area contributed by atoms with Gasteiger partial charge in [-0.25, -0.2) is 4.79 Å². The molecular formula is C30H18B7ClN2O6. The zero-order valence-corrected chi connectivity index (χ0v) is 25.4. The van der Waals surface area contributed by atoms with Crippen molar-refractivity contribution in [3.63, 3.8) is 0 Å². The smallest absolute Gasteiger partial charge is 0.335 e. The van der Waals surface area contributed by atoms with Crippen LogP contribution in [0.4, 0.5) is 5.69 Å². The number of nitrogens with one attached hydrogen (secondary N) is 1. The van der Waals surface area contributed by atoms with Crippen molar-refractivity contribution in [2.45, 2.75) is 18.2 Å². The average Bonchev–Trinajstić information content (AvgIpc) is 2.99. The lowest BCUT2D eigenvalue weighted by Gasteiger charge is -2.40. The molecule has 14 radical (unpaired) electrons. The molecular weight excluding hydrogens is 595 g/mol. The van der Waals surface area contributed by atoms with Crippen molar-refractivity contribution in [1.82, 2.24) is 4.57 Å². The number of amides is 1. The fourth-order valence-corrected chi connectivity index (χ4v) is 5.26. The maximum absolute atomic E-state index is 14.1. The Hall–Kier alpha value is -4.24. The van der Waals surface area contributed by atoms with Crippen LogP contribution in [0.1, 0.15) is 39.2 Å². The predicted octanol–water partition coefficient (Wildman–Crippen LogP) is -1.58. The second-order valence-corrected chi connectivity index (χ2v) is 10.8. The van der Waals surface area contributed by atoms with Crippen LogP contribution in [0.25, 0.3) is 11.1 Å². The molecule has 0 saturated carbocycles. The Morgan fingerprint density at radius 1 is 0.891 bits per heavy atom. The van der Waals surface area contributed by atoms with Crippen LogP contribution >= 0.6 is 11.6 Å². The molecule has 0 aliphatic rings. The summed E-state index contributed by atoms with van der Waals surface area (Å²) in [5, 5.41) is 9.69. The van der Waals surface area contributed by atoms with Gasteiger partial charge in [-0.1, -0.05) is 17.2 Å². The summed E-state index contributed by atoms with van der Waals surface area (Å²) in [6.45, 7) is 1.35. The highest BCUT2D eigenvalue weighted by Gasteiger charge is 2.40. The molecule has 0 saturated heterocycles. The monoisotopic (exact) mass is 614 g/mol.